The predicted octanol–water partition coefficient (Wildman–Crippen LogP) is 0.546. The van der Waals surface area contributed by atoms with Gasteiger partial charge in [-0.15, -0.1) is 18.9 Å². The van der Waals surface area contributed by atoms with E-state index in [1.807, 2.05) is 0 Å². The summed E-state index contributed by atoms with van der Waals surface area (Å²) in [6, 6.07) is -0.451. The van der Waals surface area contributed by atoms with Crippen molar-refractivity contribution in [2.75, 3.05) is 19.9 Å². The first-order valence-electron chi connectivity index (χ1n) is 6.61. The molecule has 0 N–H and O–H groups in total. The van der Waals surface area contributed by atoms with Crippen LogP contribution in [0.15, 0.2) is 12.7 Å². The summed E-state index contributed by atoms with van der Waals surface area (Å²) >= 11 is 0. The van der Waals surface area contributed by atoms with Crippen molar-refractivity contribution in [2.24, 2.45) is 0 Å². The van der Waals surface area contributed by atoms with Crippen molar-refractivity contribution >= 4 is 16.0 Å². The molecule has 118 valence electrons. The van der Waals surface area contributed by atoms with Crippen LogP contribution in [0.5, 0.6) is 0 Å². The highest BCUT2D eigenvalue weighted by Crippen LogP contribution is 2.30. The van der Waals surface area contributed by atoms with Gasteiger partial charge < -0.3 is 9.64 Å². The van der Waals surface area contributed by atoms with Gasteiger partial charge in [0.1, 0.15) is 6.10 Å². The number of nitrogens with zero attached hydrogens (tertiary/aromatic N) is 1. The van der Waals surface area contributed by atoms with E-state index in [1.165, 1.54) is 7.11 Å². The molecule has 0 aliphatic carbocycles. The van der Waals surface area contributed by atoms with E-state index >= 15 is 0 Å². The molecule has 1 aliphatic rings. The lowest BCUT2D eigenvalue weighted by Gasteiger charge is -2.49. The summed E-state index contributed by atoms with van der Waals surface area (Å²) in [7, 11) is -2.22. The Kier molecular flexibility index (Phi) is 6.40. The molecule has 0 radical (unpaired) electrons. The molecule has 0 aromatic carbocycles. The number of unbranched alkanes of at least 4 members (excludes halogenated alkanes) is 1. The summed E-state index contributed by atoms with van der Waals surface area (Å²) in [6.07, 6.45) is 7.84. The Morgan fingerprint density at radius 1 is 1.57 bits per heavy atom. The Hall–Kier alpha value is -1.36. The van der Waals surface area contributed by atoms with Crippen molar-refractivity contribution in [1.29, 1.82) is 0 Å². The van der Waals surface area contributed by atoms with Gasteiger partial charge in [0, 0.05) is 20.1 Å². The number of likely N-dealkylation sites (tertiary alicyclic amines) is 1. The van der Waals surface area contributed by atoms with Crippen LogP contribution in [0, 0.1) is 12.3 Å². The molecule has 3 atom stereocenters. The second kappa shape index (κ2) is 7.59. The fourth-order valence-corrected chi connectivity index (χ4v) is 3.05. The zero-order valence-electron chi connectivity index (χ0n) is 12.3. The van der Waals surface area contributed by atoms with Crippen LogP contribution in [-0.4, -0.2) is 57.4 Å². The van der Waals surface area contributed by atoms with E-state index in [2.05, 4.69) is 12.5 Å². The van der Waals surface area contributed by atoms with E-state index in [0.717, 1.165) is 6.26 Å². The quantitative estimate of drug-likeness (QED) is 0.204. The monoisotopic (exact) mass is 315 g/mol. The molecular formula is C14H21NO5S. The molecule has 0 aromatic heterocycles. The number of hydrogen-bond acceptors (Lipinski definition) is 5. The molecule has 21 heavy (non-hydrogen) atoms. The number of amides is 1. The number of ether oxygens (including phenoxy) is 1. The Labute approximate surface area is 126 Å². The van der Waals surface area contributed by atoms with Gasteiger partial charge in [0.05, 0.1) is 12.3 Å². The topological polar surface area (TPSA) is 72.9 Å². The summed E-state index contributed by atoms with van der Waals surface area (Å²) in [5.74, 6) is 2.33. The van der Waals surface area contributed by atoms with Gasteiger partial charge in [-0.3, -0.25) is 8.98 Å². The number of rotatable bonds is 9. The number of carbonyl (C=O) groups is 1. The lowest BCUT2D eigenvalue weighted by molar-refractivity contribution is -0.178. The molecule has 1 fully saturated rings. The van der Waals surface area contributed by atoms with Crippen molar-refractivity contribution in [3.05, 3.63) is 12.7 Å². The van der Waals surface area contributed by atoms with Crippen LogP contribution in [0.4, 0.5) is 0 Å². The number of β-lactam (4-membered cyclic amide) rings is 1. The van der Waals surface area contributed by atoms with Crippen molar-refractivity contribution in [3.63, 3.8) is 0 Å². The average molecular weight is 315 g/mol. The molecule has 1 heterocycles. The summed E-state index contributed by atoms with van der Waals surface area (Å²) < 4.78 is 33.0. The van der Waals surface area contributed by atoms with Crippen molar-refractivity contribution in [2.45, 2.75) is 37.5 Å². The number of carbonyl (C=O) groups excluding carboxylic acids is 1. The second-order valence-corrected chi connectivity index (χ2v) is 6.45. The number of hydrogen-bond donors (Lipinski definition) is 0. The average Bonchev–Trinajstić information content (AvgIpc) is 2.38. The maximum absolute atomic E-state index is 12.0. The fourth-order valence-electron chi connectivity index (χ4n) is 2.41. The summed E-state index contributed by atoms with van der Waals surface area (Å²) in [5.41, 5.74) is 0. The Morgan fingerprint density at radius 2 is 2.24 bits per heavy atom. The smallest absolute Gasteiger partial charge is 0.264 e. The highest BCUT2D eigenvalue weighted by molar-refractivity contribution is 7.86. The van der Waals surface area contributed by atoms with E-state index < -0.39 is 28.4 Å². The predicted molar refractivity (Wildman–Crippen MR) is 78.9 cm³/mol. The van der Waals surface area contributed by atoms with Gasteiger partial charge in [0.2, 0.25) is 0 Å². The van der Waals surface area contributed by atoms with Gasteiger partial charge in [-0.1, -0.05) is 6.08 Å². The minimum Gasteiger partial charge on any atom is -0.369 e. The van der Waals surface area contributed by atoms with Gasteiger partial charge in [-0.2, -0.15) is 8.42 Å². The minimum atomic E-state index is -3.64. The highest BCUT2D eigenvalue weighted by atomic mass is 32.2. The van der Waals surface area contributed by atoms with Crippen LogP contribution in [0.2, 0.25) is 0 Å². The van der Waals surface area contributed by atoms with Gasteiger partial charge >= 0.3 is 0 Å². The maximum atomic E-state index is 12.0. The first kappa shape index (κ1) is 17.7. The first-order chi connectivity index (χ1) is 9.85. The van der Waals surface area contributed by atoms with Gasteiger partial charge in [-0.05, 0) is 12.8 Å². The second-order valence-electron chi connectivity index (χ2n) is 4.85. The molecule has 0 unspecified atom stereocenters. The molecule has 0 aromatic rings. The van der Waals surface area contributed by atoms with Crippen LogP contribution < -0.4 is 0 Å². The van der Waals surface area contributed by atoms with Crippen molar-refractivity contribution < 1.29 is 22.1 Å². The molecule has 6 nitrogen and oxygen atoms in total. The fraction of sp³-hybridized carbons (Fsp3) is 0.643. The zero-order chi connectivity index (χ0) is 16.0. The van der Waals surface area contributed by atoms with Gasteiger partial charge in [0.25, 0.3) is 16.0 Å². The lowest BCUT2D eigenvalue weighted by Crippen LogP contribution is -2.70. The Bertz CT molecular complexity index is 522. The van der Waals surface area contributed by atoms with Crippen LogP contribution in [0.3, 0.4) is 0 Å². The Balaban J connectivity index is 2.86. The molecular weight excluding hydrogens is 294 g/mol. The van der Waals surface area contributed by atoms with Crippen LogP contribution in [0.25, 0.3) is 0 Å². The third kappa shape index (κ3) is 4.56. The molecule has 1 rings (SSSR count). The summed E-state index contributed by atoms with van der Waals surface area (Å²) in [5, 5.41) is 0. The number of terminal acetylenes is 1. The third-order valence-electron chi connectivity index (χ3n) is 3.25. The minimum absolute atomic E-state index is 0.175. The molecule has 1 amide bonds. The van der Waals surface area contributed by atoms with E-state index in [4.69, 9.17) is 15.3 Å². The number of methoxy groups -OCH3 is 1. The molecule has 0 saturated carbocycles. The molecule has 1 aliphatic heterocycles. The standard InChI is InChI=1S/C14H21NO5S/c1-5-7-8-10-15-12(13(19-3)14(15)16)11(9-6-2)20-21(4,17)18/h1,6,11-13H,2,7-10H2,3-4H3/t11-,12+,13-/m1/s1. The van der Waals surface area contributed by atoms with E-state index in [9.17, 15) is 13.2 Å². The van der Waals surface area contributed by atoms with Gasteiger partial charge in [-0.25, -0.2) is 0 Å². The molecule has 1 saturated heterocycles. The molecule has 0 spiro atoms. The van der Waals surface area contributed by atoms with Crippen molar-refractivity contribution in [1.82, 2.24) is 4.90 Å². The lowest BCUT2D eigenvalue weighted by atomic mass is 9.90. The summed E-state index contributed by atoms with van der Waals surface area (Å²) in [4.78, 5) is 13.6. The van der Waals surface area contributed by atoms with Crippen LogP contribution in [0.1, 0.15) is 19.3 Å². The Morgan fingerprint density at radius 3 is 2.71 bits per heavy atom. The highest BCUT2D eigenvalue weighted by Gasteiger charge is 2.52. The third-order valence-corrected chi connectivity index (χ3v) is 3.85. The van der Waals surface area contributed by atoms with E-state index in [1.54, 1.807) is 11.0 Å². The zero-order valence-corrected chi connectivity index (χ0v) is 13.1. The van der Waals surface area contributed by atoms with Gasteiger partial charge in [0.15, 0.2) is 6.10 Å². The molecule has 0 bridgehead atoms. The van der Waals surface area contributed by atoms with Crippen LogP contribution in [-0.2, 0) is 23.8 Å². The molecule has 7 heteroatoms. The van der Waals surface area contributed by atoms with E-state index in [-0.39, 0.29) is 5.91 Å². The maximum Gasteiger partial charge on any atom is 0.264 e. The largest absolute Gasteiger partial charge is 0.369 e. The van der Waals surface area contributed by atoms with Crippen molar-refractivity contribution in [3.8, 4) is 12.3 Å². The normalized spacial score (nSPS) is 23.3. The van der Waals surface area contributed by atoms with Crippen LogP contribution >= 0.6 is 0 Å². The summed E-state index contributed by atoms with van der Waals surface area (Å²) in [6.45, 7) is 4.05. The first-order valence-corrected chi connectivity index (χ1v) is 8.43. The SMILES string of the molecule is C#CCCCN1C(=O)[C@H](OC)[C@@H]1[C@@H](CC=C)OS(C)(=O)=O. The van der Waals surface area contributed by atoms with E-state index in [0.29, 0.717) is 25.8 Å².